The third-order valence-electron chi connectivity index (χ3n) is 4.76. The van der Waals surface area contributed by atoms with Gasteiger partial charge >= 0.3 is 0 Å². The highest BCUT2D eigenvalue weighted by atomic mass is 16.1. The first kappa shape index (κ1) is 23.3. The van der Waals surface area contributed by atoms with Gasteiger partial charge in [0.2, 0.25) is 0 Å². The van der Waals surface area contributed by atoms with Gasteiger partial charge in [0.05, 0.1) is 0 Å². The molecular weight excluding hydrogens is 296 g/mol. The zero-order valence-corrected chi connectivity index (χ0v) is 16.3. The Morgan fingerprint density at radius 1 is 0.583 bits per heavy atom. The van der Waals surface area contributed by atoms with Crippen LogP contribution in [0.1, 0.15) is 129 Å². The normalized spacial score (nSPS) is 10.9. The summed E-state index contributed by atoms with van der Waals surface area (Å²) in [7, 11) is 0. The second-order valence-electron chi connectivity index (χ2n) is 7.24. The van der Waals surface area contributed by atoms with Crippen molar-refractivity contribution in [1.29, 1.82) is 0 Å². The lowest BCUT2D eigenvalue weighted by molar-refractivity contribution is -0.119. The predicted molar refractivity (Wildman–Crippen MR) is 104 cm³/mol. The summed E-state index contributed by atoms with van der Waals surface area (Å²) in [6.45, 7) is 2.08. The van der Waals surface area contributed by atoms with Gasteiger partial charge in [-0.3, -0.25) is 9.59 Å². The first-order valence-electron chi connectivity index (χ1n) is 10.7. The molecular formula is C22H41O2. The molecule has 0 bridgehead atoms. The van der Waals surface area contributed by atoms with Crippen LogP contribution in [0.4, 0.5) is 0 Å². The fourth-order valence-corrected chi connectivity index (χ4v) is 3.22. The van der Waals surface area contributed by atoms with Gasteiger partial charge in [-0.2, -0.15) is 0 Å². The topological polar surface area (TPSA) is 34.1 Å². The Bertz CT molecular complexity index is 273. The third-order valence-corrected chi connectivity index (χ3v) is 4.76. The van der Waals surface area contributed by atoms with Gasteiger partial charge in [0, 0.05) is 19.3 Å². The molecule has 0 amide bonds. The number of unbranched alkanes of at least 4 members (excludes halogenated alkanes) is 15. The van der Waals surface area contributed by atoms with Gasteiger partial charge in [-0.25, -0.2) is 0 Å². The molecule has 141 valence electrons. The highest BCUT2D eigenvalue weighted by molar-refractivity contribution is 5.78. The van der Waals surface area contributed by atoms with Crippen LogP contribution in [0, 0.1) is 0 Å². The van der Waals surface area contributed by atoms with Crippen molar-refractivity contribution in [3.05, 3.63) is 0 Å². The minimum atomic E-state index is 0.456. The van der Waals surface area contributed by atoms with Crippen LogP contribution in [0.5, 0.6) is 0 Å². The van der Waals surface area contributed by atoms with E-state index in [1.165, 1.54) is 83.5 Å². The first-order chi connectivity index (χ1) is 11.8. The Labute approximate surface area is 151 Å². The van der Waals surface area contributed by atoms with E-state index < -0.39 is 0 Å². The largest absolute Gasteiger partial charge is 0.300 e. The maximum Gasteiger partial charge on any atom is 0.198 e. The van der Waals surface area contributed by atoms with Crippen molar-refractivity contribution >= 4 is 12.1 Å². The van der Waals surface area contributed by atoms with Gasteiger partial charge in [0.15, 0.2) is 6.29 Å². The number of hydrogen-bond donors (Lipinski definition) is 0. The molecule has 1 radical (unpaired) electrons. The van der Waals surface area contributed by atoms with E-state index in [1.807, 2.05) is 6.29 Å². The Morgan fingerprint density at radius 2 is 0.958 bits per heavy atom. The summed E-state index contributed by atoms with van der Waals surface area (Å²) in [5.41, 5.74) is 0. The van der Waals surface area contributed by atoms with Crippen LogP contribution in [-0.2, 0) is 9.59 Å². The van der Waals surface area contributed by atoms with Crippen molar-refractivity contribution in [3.63, 3.8) is 0 Å². The monoisotopic (exact) mass is 337 g/mol. The number of Topliss-reactive ketones (excluding diaryl/α,β-unsaturated/α-hetero) is 1. The number of hydrogen-bond acceptors (Lipinski definition) is 2. The Kier molecular flexibility index (Phi) is 19.8. The Balaban J connectivity index is 3.02. The van der Waals surface area contributed by atoms with Gasteiger partial charge in [-0.1, -0.05) is 90.4 Å². The van der Waals surface area contributed by atoms with E-state index in [-0.39, 0.29) is 0 Å². The summed E-state index contributed by atoms with van der Waals surface area (Å²) in [6, 6.07) is 0. The van der Waals surface area contributed by atoms with Crippen molar-refractivity contribution in [2.75, 3.05) is 0 Å². The summed E-state index contributed by atoms with van der Waals surface area (Å²) in [4.78, 5) is 21.5. The van der Waals surface area contributed by atoms with Gasteiger partial charge in [-0.15, -0.1) is 0 Å². The van der Waals surface area contributed by atoms with Gasteiger partial charge in [0.1, 0.15) is 5.78 Å². The molecule has 0 aliphatic rings. The summed E-state index contributed by atoms with van der Waals surface area (Å²) < 4.78 is 0. The molecule has 0 fully saturated rings. The number of rotatable bonds is 20. The average Bonchev–Trinajstić information content (AvgIpc) is 2.58. The van der Waals surface area contributed by atoms with Gasteiger partial charge < -0.3 is 0 Å². The summed E-state index contributed by atoms with van der Waals surface area (Å²) in [5, 5.41) is 0. The summed E-state index contributed by atoms with van der Waals surface area (Å²) >= 11 is 0. The van der Waals surface area contributed by atoms with Crippen LogP contribution < -0.4 is 0 Å². The van der Waals surface area contributed by atoms with Crippen molar-refractivity contribution in [1.82, 2.24) is 0 Å². The van der Waals surface area contributed by atoms with E-state index in [2.05, 4.69) is 6.92 Å². The lowest BCUT2D eigenvalue weighted by atomic mass is 10.0. The minimum absolute atomic E-state index is 0.456. The van der Waals surface area contributed by atoms with Crippen LogP contribution in [0.3, 0.4) is 0 Å². The van der Waals surface area contributed by atoms with E-state index in [1.54, 1.807) is 0 Å². The summed E-state index contributed by atoms with van der Waals surface area (Å²) in [5.74, 6) is 0.456. The molecule has 24 heavy (non-hydrogen) atoms. The summed E-state index contributed by atoms with van der Waals surface area (Å²) in [6.07, 6.45) is 24.7. The molecule has 0 aromatic heterocycles. The molecule has 0 rings (SSSR count). The lowest BCUT2D eigenvalue weighted by Crippen LogP contribution is -1.96. The molecule has 0 saturated carbocycles. The second kappa shape index (κ2) is 20.4. The van der Waals surface area contributed by atoms with Crippen LogP contribution in [0.2, 0.25) is 0 Å². The smallest absolute Gasteiger partial charge is 0.198 e. The zero-order chi connectivity index (χ0) is 17.7. The van der Waals surface area contributed by atoms with Crippen LogP contribution in [0.25, 0.3) is 0 Å². The van der Waals surface area contributed by atoms with Crippen molar-refractivity contribution in [2.24, 2.45) is 0 Å². The Hall–Kier alpha value is -0.660. The number of carbonyl (C=O) groups is 1. The second-order valence-corrected chi connectivity index (χ2v) is 7.24. The molecule has 0 aliphatic heterocycles. The lowest BCUT2D eigenvalue weighted by Gasteiger charge is -2.03. The molecule has 0 aromatic rings. The van der Waals surface area contributed by atoms with E-state index in [9.17, 15) is 9.59 Å². The fraction of sp³-hybridized carbons (Fsp3) is 0.909. The molecule has 0 N–H and O–H groups in total. The third kappa shape index (κ3) is 19.4. The quantitative estimate of drug-likeness (QED) is 0.222. The van der Waals surface area contributed by atoms with E-state index in [0.29, 0.717) is 12.2 Å². The van der Waals surface area contributed by atoms with Crippen LogP contribution in [0.15, 0.2) is 0 Å². The Morgan fingerprint density at radius 3 is 1.33 bits per heavy atom. The maximum absolute atomic E-state index is 11.4. The van der Waals surface area contributed by atoms with E-state index in [0.717, 1.165) is 32.1 Å². The van der Waals surface area contributed by atoms with Crippen molar-refractivity contribution in [3.8, 4) is 0 Å². The first-order valence-corrected chi connectivity index (χ1v) is 10.7. The van der Waals surface area contributed by atoms with Gasteiger partial charge in [-0.05, 0) is 19.3 Å². The van der Waals surface area contributed by atoms with Crippen LogP contribution >= 0.6 is 0 Å². The van der Waals surface area contributed by atoms with Crippen molar-refractivity contribution < 1.29 is 9.59 Å². The molecule has 2 nitrogen and oxygen atoms in total. The maximum atomic E-state index is 11.4. The fourth-order valence-electron chi connectivity index (χ4n) is 3.22. The highest BCUT2D eigenvalue weighted by Gasteiger charge is 1.99. The predicted octanol–water partition coefficient (Wildman–Crippen LogP) is 7.10. The molecule has 0 atom stereocenters. The van der Waals surface area contributed by atoms with Crippen LogP contribution in [-0.4, -0.2) is 12.1 Å². The highest BCUT2D eigenvalue weighted by Crippen LogP contribution is 2.14. The number of ketones is 1. The number of carbonyl (C=O) groups excluding carboxylic acids is 2. The van der Waals surface area contributed by atoms with E-state index in [4.69, 9.17) is 0 Å². The molecule has 0 aromatic carbocycles. The molecule has 0 spiro atoms. The SMILES string of the molecule is CCCC(=O)CCCCCCCCCCCCCCCCC[C]=O. The standard InChI is InChI=1S/C22H41O2/c1-2-19-22(24)20-17-15-13-11-9-7-5-3-4-6-8-10-12-14-16-18-21-23/h2-20H2,1H3. The average molecular weight is 338 g/mol. The van der Waals surface area contributed by atoms with E-state index >= 15 is 0 Å². The van der Waals surface area contributed by atoms with Gasteiger partial charge in [0.25, 0.3) is 0 Å². The minimum Gasteiger partial charge on any atom is -0.300 e. The zero-order valence-electron chi connectivity index (χ0n) is 16.3. The van der Waals surface area contributed by atoms with Crippen molar-refractivity contribution in [2.45, 2.75) is 129 Å². The molecule has 0 saturated heterocycles. The molecule has 0 heterocycles. The molecule has 0 aliphatic carbocycles. The molecule has 0 unspecified atom stereocenters. The molecule has 2 heteroatoms.